The lowest BCUT2D eigenvalue weighted by Crippen LogP contribution is -2.58. The number of likely N-dealkylation sites (N-methyl/N-ethyl adjacent to an activating group) is 2. The van der Waals surface area contributed by atoms with Crippen LogP contribution in [0.2, 0.25) is 0 Å². The third kappa shape index (κ3) is 14.3. The first-order chi connectivity index (χ1) is 33.0. The molecule has 0 spiro atoms. The van der Waals surface area contributed by atoms with Gasteiger partial charge in [-0.2, -0.15) is 0 Å². The Labute approximate surface area is 405 Å². The molecule has 0 bridgehead atoms. The molecule has 2 aromatic heterocycles. The number of likely N-dealkylation sites (tertiary alicyclic amines) is 2. The van der Waals surface area contributed by atoms with Gasteiger partial charge in [-0.3, -0.25) is 19.2 Å². The van der Waals surface area contributed by atoms with Crippen molar-refractivity contribution in [3.05, 3.63) is 60.7 Å². The summed E-state index contributed by atoms with van der Waals surface area (Å²) in [4.78, 5) is 60.3. The predicted octanol–water partition coefficient (Wildman–Crippen LogP) is 1.65. The molecule has 2 saturated heterocycles. The Hall–Kier alpha value is -5.88. The van der Waals surface area contributed by atoms with Crippen LogP contribution in [0, 0.1) is 23.7 Å². The van der Waals surface area contributed by atoms with Crippen LogP contribution >= 0.6 is 23.5 Å². The molecule has 0 aliphatic carbocycles. The number of tetrazole rings is 2. The Morgan fingerprint density at radius 3 is 1.43 bits per heavy atom. The van der Waals surface area contributed by atoms with E-state index in [1.807, 2.05) is 60.7 Å². The molecule has 4 heterocycles. The zero-order chi connectivity index (χ0) is 48.4. The van der Waals surface area contributed by atoms with Gasteiger partial charge in [0.15, 0.2) is 0 Å². The first-order valence-electron chi connectivity index (χ1n) is 22.7. The van der Waals surface area contributed by atoms with E-state index in [4.69, 9.17) is 9.47 Å². The molecule has 2 fully saturated rings. The van der Waals surface area contributed by atoms with E-state index in [0.717, 1.165) is 35.5 Å². The summed E-state index contributed by atoms with van der Waals surface area (Å²) < 4.78 is 15.5. The predicted molar refractivity (Wildman–Crippen MR) is 254 cm³/mol. The van der Waals surface area contributed by atoms with E-state index in [0.29, 0.717) is 36.5 Å². The second-order valence-corrected chi connectivity index (χ2v) is 18.5. The highest BCUT2D eigenvalue weighted by Crippen LogP contribution is 2.29. The standard InChI is InChI=1S/C46H60N14O6S2/c1-31(47-5)41(61)49-39(43(63)57-25-17-19-35(57)29-59-45(51-53-55-59)67-37-21-11-9-12-22-37)33(3)65-27-15-7-8-16-28-66-34(4)40(50-42(62)32(2)48-6)44(64)58-26-18-20-36(58)30-60-46(52-54-56-60)68-38-23-13-10-14-24-38/h9-14,21-24,31-36,39-40,47-48H,17-20,25-30H2,1-6H3,(H,49,61)(H,50,62)/t31-,32-,33?,34?,35?,36?,39?,40?/m0/s1. The van der Waals surface area contributed by atoms with Crippen molar-refractivity contribution in [2.24, 2.45) is 0 Å². The number of aromatic nitrogens is 8. The molecule has 2 aliphatic rings. The van der Waals surface area contributed by atoms with Crippen LogP contribution in [0.15, 0.2) is 80.8 Å². The average molecular weight is 969 g/mol. The number of rotatable bonds is 22. The SMILES string of the molecule is CN[C@@H](C)C(=O)NC(C(=O)N1CCCC1Cn1nnnc1Sc1ccccc1)C(C)OCC#CC#CCOC(C)C(NC(=O)[C@H](C)NC)C(=O)N1CCCC1Cn1nnnc1Sc1ccccc1. The van der Waals surface area contributed by atoms with E-state index in [9.17, 15) is 19.2 Å². The lowest BCUT2D eigenvalue weighted by molar-refractivity contribution is -0.142. The Morgan fingerprint density at radius 2 is 1.04 bits per heavy atom. The summed E-state index contributed by atoms with van der Waals surface area (Å²) in [5.41, 5.74) is 0. The van der Waals surface area contributed by atoms with Crippen molar-refractivity contribution < 1.29 is 28.7 Å². The first-order valence-corrected chi connectivity index (χ1v) is 24.3. The molecule has 4 aromatic rings. The molecule has 22 heteroatoms. The maximum Gasteiger partial charge on any atom is 0.248 e. The van der Waals surface area contributed by atoms with Crippen LogP contribution in [0.1, 0.15) is 53.4 Å². The summed E-state index contributed by atoms with van der Waals surface area (Å²) in [5, 5.41) is 37.5. The van der Waals surface area contributed by atoms with Crippen LogP contribution in [0.4, 0.5) is 0 Å². The molecule has 2 aliphatic heterocycles. The molecule has 362 valence electrons. The largest absolute Gasteiger partial charge is 0.363 e. The summed E-state index contributed by atoms with van der Waals surface area (Å²) in [6.07, 6.45) is 1.58. The molecule has 68 heavy (non-hydrogen) atoms. The molecular formula is C46H60N14O6S2. The fourth-order valence-electron chi connectivity index (χ4n) is 7.62. The first kappa shape index (κ1) is 51.5. The van der Waals surface area contributed by atoms with Crippen molar-refractivity contribution in [2.45, 2.75) is 135 Å². The van der Waals surface area contributed by atoms with Gasteiger partial charge in [0.2, 0.25) is 33.9 Å². The number of benzene rings is 2. The van der Waals surface area contributed by atoms with Crippen molar-refractivity contribution in [2.75, 3.05) is 40.4 Å². The number of carbonyl (C=O) groups is 4. The Balaban J connectivity index is 1.04. The summed E-state index contributed by atoms with van der Waals surface area (Å²) in [6, 6.07) is 16.1. The van der Waals surface area contributed by atoms with Gasteiger partial charge in [0.25, 0.3) is 0 Å². The lowest BCUT2D eigenvalue weighted by Gasteiger charge is -2.32. The summed E-state index contributed by atoms with van der Waals surface area (Å²) in [7, 11) is 3.34. The minimum absolute atomic E-state index is 0.0667. The third-order valence-corrected chi connectivity index (χ3v) is 13.8. The topological polar surface area (TPSA) is 229 Å². The van der Waals surface area contributed by atoms with Gasteiger partial charge < -0.3 is 40.5 Å². The number of nitrogens with one attached hydrogen (secondary N) is 4. The molecule has 20 nitrogen and oxygen atoms in total. The number of nitrogens with zero attached hydrogens (tertiary/aromatic N) is 10. The fraction of sp³-hybridized carbons (Fsp3) is 0.522. The molecule has 2 aromatic carbocycles. The Morgan fingerprint density at radius 1 is 0.647 bits per heavy atom. The van der Waals surface area contributed by atoms with Gasteiger partial charge in [-0.05, 0) is 148 Å². The van der Waals surface area contributed by atoms with Gasteiger partial charge in [-0.25, -0.2) is 9.36 Å². The van der Waals surface area contributed by atoms with E-state index in [1.165, 1.54) is 23.5 Å². The van der Waals surface area contributed by atoms with Crippen molar-refractivity contribution in [3.63, 3.8) is 0 Å². The number of hydrogen-bond acceptors (Lipinski definition) is 16. The number of ether oxygens (including phenoxy) is 2. The Kier molecular flexibility index (Phi) is 19.7. The number of amides is 4. The van der Waals surface area contributed by atoms with Crippen molar-refractivity contribution in [1.29, 1.82) is 0 Å². The van der Waals surface area contributed by atoms with Crippen molar-refractivity contribution >= 4 is 47.2 Å². The fourth-order valence-corrected chi connectivity index (χ4v) is 9.22. The van der Waals surface area contributed by atoms with Crippen LogP contribution in [-0.2, 0) is 41.7 Å². The van der Waals surface area contributed by atoms with Gasteiger partial charge in [-0.15, -0.1) is 10.2 Å². The molecule has 8 atom stereocenters. The summed E-state index contributed by atoms with van der Waals surface area (Å²) >= 11 is 2.88. The summed E-state index contributed by atoms with van der Waals surface area (Å²) in [6.45, 7) is 8.54. The normalized spacial score (nSPS) is 18.3. The highest BCUT2D eigenvalue weighted by Gasteiger charge is 2.39. The van der Waals surface area contributed by atoms with Gasteiger partial charge in [0.1, 0.15) is 25.3 Å². The van der Waals surface area contributed by atoms with Crippen molar-refractivity contribution in [1.82, 2.24) is 71.5 Å². The maximum atomic E-state index is 14.2. The zero-order valence-corrected chi connectivity index (χ0v) is 40.8. The summed E-state index contributed by atoms with van der Waals surface area (Å²) in [5.74, 6) is 10.00. The molecular weight excluding hydrogens is 909 g/mol. The van der Waals surface area contributed by atoms with Gasteiger partial charge in [0.05, 0.1) is 49.5 Å². The number of hydrogen-bond donors (Lipinski definition) is 4. The highest BCUT2D eigenvalue weighted by molar-refractivity contribution is 7.99. The van der Waals surface area contributed by atoms with Crippen LogP contribution in [0.5, 0.6) is 0 Å². The molecule has 0 radical (unpaired) electrons. The molecule has 0 saturated carbocycles. The molecule has 6 unspecified atom stereocenters. The minimum Gasteiger partial charge on any atom is -0.363 e. The Bertz CT molecular complexity index is 2240. The van der Waals surface area contributed by atoms with E-state index >= 15 is 0 Å². The van der Waals surface area contributed by atoms with Crippen LogP contribution in [0.3, 0.4) is 0 Å². The number of carbonyl (C=O) groups excluding carboxylic acids is 4. The monoisotopic (exact) mass is 968 g/mol. The zero-order valence-electron chi connectivity index (χ0n) is 39.2. The van der Waals surface area contributed by atoms with E-state index in [2.05, 4.69) is 76.0 Å². The van der Waals surface area contributed by atoms with Gasteiger partial charge >= 0.3 is 0 Å². The quantitative estimate of drug-likeness (QED) is 0.0822. The maximum absolute atomic E-state index is 14.2. The molecule has 4 amide bonds. The second-order valence-electron chi connectivity index (χ2n) is 16.4. The van der Waals surface area contributed by atoms with E-state index in [1.54, 1.807) is 61.0 Å². The average Bonchev–Trinajstić information content (AvgIpc) is 4.20. The molecule has 4 N–H and O–H groups in total. The lowest BCUT2D eigenvalue weighted by atomic mass is 10.1. The van der Waals surface area contributed by atoms with Gasteiger partial charge in [-0.1, -0.05) is 48.2 Å². The van der Waals surface area contributed by atoms with Crippen LogP contribution in [-0.4, -0.2) is 163 Å². The van der Waals surface area contributed by atoms with Crippen LogP contribution < -0.4 is 21.3 Å². The smallest absolute Gasteiger partial charge is 0.248 e. The van der Waals surface area contributed by atoms with Crippen molar-refractivity contribution in [3.8, 4) is 23.7 Å². The van der Waals surface area contributed by atoms with E-state index < -0.39 is 36.4 Å². The minimum atomic E-state index is -0.993. The highest BCUT2D eigenvalue weighted by atomic mass is 32.2. The van der Waals surface area contributed by atoms with Crippen LogP contribution in [0.25, 0.3) is 0 Å². The van der Waals surface area contributed by atoms with E-state index in [-0.39, 0.29) is 48.9 Å². The third-order valence-electron chi connectivity index (χ3n) is 11.8. The van der Waals surface area contributed by atoms with Gasteiger partial charge in [0, 0.05) is 22.9 Å². The molecule has 6 rings (SSSR count). The second kappa shape index (κ2) is 26.0.